The van der Waals surface area contributed by atoms with Crippen LogP contribution in [-0.2, 0) is 4.74 Å². The molecule has 132 valence electrons. The van der Waals surface area contributed by atoms with Crippen molar-refractivity contribution in [3.8, 4) is 22.6 Å². The lowest BCUT2D eigenvalue weighted by Crippen LogP contribution is -2.07. The molecular weight excluding hydrogens is 312 g/mol. The van der Waals surface area contributed by atoms with Gasteiger partial charge in [0, 0.05) is 6.61 Å². The molecule has 0 radical (unpaired) electrons. The lowest BCUT2D eigenvalue weighted by molar-refractivity contribution is 0.0986. The summed E-state index contributed by atoms with van der Waals surface area (Å²) >= 11 is 0. The minimum Gasteiger partial charge on any atom is -0.497 e. The minimum atomic E-state index is 0.546. The third-order valence-corrected chi connectivity index (χ3v) is 3.85. The van der Waals surface area contributed by atoms with Crippen LogP contribution in [0.5, 0.6) is 11.5 Å². The van der Waals surface area contributed by atoms with Gasteiger partial charge in [0.2, 0.25) is 0 Å². The Morgan fingerprint density at radius 3 is 2.04 bits per heavy atom. The Morgan fingerprint density at radius 1 is 0.880 bits per heavy atom. The summed E-state index contributed by atoms with van der Waals surface area (Å²) in [6.45, 7) is 9.41. The lowest BCUT2D eigenvalue weighted by Gasteiger charge is -2.09. The van der Waals surface area contributed by atoms with Crippen LogP contribution in [0.3, 0.4) is 0 Å². The number of allylic oxidation sites excluding steroid dienone is 2. The largest absolute Gasteiger partial charge is 0.497 e. The fourth-order valence-corrected chi connectivity index (χ4v) is 2.35. The first kappa shape index (κ1) is 18.8. The summed E-state index contributed by atoms with van der Waals surface area (Å²) in [6.07, 6.45) is 3.68. The van der Waals surface area contributed by atoms with Crippen LogP contribution in [0.2, 0.25) is 0 Å². The molecule has 0 amide bonds. The van der Waals surface area contributed by atoms with Gasteiger partial charge in [-0.15, -0.1) is 0 Å². The maximum absolute atomic E-state index is 5.70. The van der Waals surface area contributed by atoms with Gasteiger partial charge in [-0.05, 0) is 48.2 Å². The van der Waals surface area contributed by atoms with Gasteiger partial charge in [0.25, 0.3) is 0 Å². The van der Waals surface area contributed by atoms with Gasteiger partial charge < -0.3 is 14.2 Å². The molecule has 0 aromatic heterocycles. The lowest BCUT2D eigenvalue weighted by atomic mass is 10.1. The van der Waals surface area contributed by atoms with Crippen molar-refractivity contribution in [3.63, 3.8) is 0 Å². The van der Waals surface area contributed by atoms with Crippen LogP contribution >= 0.6 is 0 Å². The molecule has 0 N–H and O–H groups in total. The number of hydrogen-bond donors (Lipinski definition) is 0. The van der Waals surface area contributed by atoms with E-state index in [1.165, 1.54) is 0 Å². The van der Waals surface area contributed by atoms with E-state index in [0.29, 0.717) is 19.8 Å². The third-order valence-electron chi connectivity index (χ3n) is 3.85. The second-order valence-electron chi connectivity index (χ2n) is 5.68. The second-order valence-corrected chi connectivity index (χ2v) is 5.68. The Balaban J connectivity index is 1.69. The quantitative estimate of drug-likeness (QED) is 0.412. The predicted molar refractivity (Wildman–Crippen MR) is 103 cm³/mol. The first-order valence-corrected chi connectivity index (χ1v) is 8.48. The van der Waals surface area contributed by atoms with E-state index in [-0.39, 0.29) is 0 Å². The fourth-order valence-electron chi connectivity index (χ4n) is 2.35. The van der Waals surface area contributed by atoms with Crippen LogP contribution in [0.4, 0.5) is 0 Å². The van der Waals surface area contributed by atoms with Crippen LogP contribution in [0, 0.1) is 0 Å². The molecule has 0 spiro atoms. The van der Waals surface area contributed by atoms with E-state index in [2.05, 4.69) is 25.3 Å². The Labute approximate surface area is 150 Å². The highest BCUT2D eigenvalue weighted by atomic mass is 16.5. The summed E-state index contributed by atoms with van der Waals surface area (Å²) in [6, 6.07) is 16.1. The molecule has 2 rings (SSSR count). The van der Waals surface area contributed by atoms with Gasteiger partial charge in [0.15, 0.2) is 0 Å². The zero-order valence-corrected chi connectivity index (χ0v) is 14.9. The van der Waals surface area contributed by atoms with Gasteiger partial charge in [0.05, 0.1) is 13.7 Å². The van der Waals surface area contributed by atoms with Gasteiger partial charge in [-0.1, -0.05) is 49.1 Å². The summed E-state index contributed by atoms with van der Waals surface area (Å²) in [5.41, 5.74) is 3.35. The number of methoxy groups -OCH3 is 1. The maximum atomic E-state index is 5.70. The van der Waals surface area contributed by atoms with Crippen molar-refractivity contribution in [2.24, 2.45) is 0 Å². The summed E-state index contributed by atoms with van der Waals surface area (Å²) in [5, 5.41) is 0. The van der Waals surface area contributed by atoms with E-state index in [9.17, 15) is 0 Å². The molecule has 0 fully saturated rings. The van der Waals surface area contributed by atoms with Crippen LogP contribution < -0.4 is 9.47 Å². The third kappa shape index (κ3) is 6.48. The normalized spacial score (nSPS) is 10.3. The first-order valence-electron chi connectivity index (χ1n) is 8.48. The highest BCUT2D eigenvalue weighted by Gasteiger charge is 2.00. The maximum Gasteiger partial charge on any atom is 0.119 e. The zero-order chi connectivity index (χ0) is 17.9. The number of rotatable bonds is 11. The number of ether oxygens (including phenoxy) is 3. The van der Waals surface area contributed by atoms with Gasteiger partial charge in [-0.2, -0.15) is 0 Å². The summed E-state index contributed by atoms with van der Waals surface area (Å²) < 4.78 is 16.4. The fraction of sp³-hybridized carbons (Fsp3) is 0.273. The summed E-state index contributed by atoms with van der Waals surface area (Å²) in [4.78, 5) is 0. The molecule has 0 aliphatic carbocycles. The summed E-state index contributed by atoms with van der Waals surface area (Å²) in [5.74, 6) is 1.71. The van der Waals surface area contributed by atoms with Crippen LogP contribution in [-0.4, -0.2) is 26.9 Å². The highest BCUT2D eigenvalue weighted by Crippen LogP contribution is 2.24. The van der Waals surface area contributed by atoms with Gasteiger partial charge in [-0.3, -0.25) is 0 Å². The van der Waals surface area contributed by atoms with E-state index < -0.39 is 0 Å². The van der Waals surface area contributed by atoms with E-state index in [1.807, 2.05) is 36.4 Å². The van der Waals surface area contributed by atoms with Crippen molar-refractivity contribution in [1.29, 1.82) is 0 Å². The van der Waals surface area contributed by atoms with Crippen LogP contribution in [0.15, 0.2) is 73.3 Å². The van der Waals surface area contributed by atoms with Crippen LogP contribution in [0.1, 0.15) is 12.8 Å². The second kappa shape index (κ2) is 10.4. The molecule has 3 nitrogen and oxygen atoms in total. The molecule has 0 bridgehead atoms. The Kier molecular flexibility index (Phi) is 7.80. The Bertz CT molecular complexity index is 657. The average molecular weight is 338 g/mol. The SMILES string of the molecule is C=CC(=C)CCCOCCOc1ccc(-c2ccc(OC)cc2)cc1. The molecule has 3 heteroatoms. The first-order chi connectivity index (χ1) is 12.2. The van der Waals surface area contributed by atoms with Gasteiger partial charge >= 0.3 is 0 Å². The average Bonchev–Trinajstić information content (AvgIpc) is 2.67. The predicted octanol–water partition coefficient (Wildman–Crippen LogP) is 5.28. The molecule has 2 aromatic carbocycles. The van der Waals surface area contributed by atoms with E-state index in [4.69, 9.17) is 14.2 Å². The Morgan fingerprint density at radius 2 is 1.48 bits per heavy atom. The Hall–Kier alpha value is -2.52. The van der Waals surface area contributed by atoms with Crippen molar-refractivity contribution in [2.45, 2.75) is 12.8 Å². The molecule has 0 unspecified atom stereocenters. The van der Waals surface area contributed by atoms with E-state index in [0.717, 1.165) is 41.0 Å². The molecule has 25 heavy (non-hydrogen) atoms. The molecule has 0 saturated heterocycles. The molecule has 0 heterocycles. The standard InChI is InChI=1S/C22H26O3/c1-4-18(2)6-5-15-24-16-17-25-22-13-9-20(10-14-22)19-7-11-21(23-3)12-8-19/h4,7-14H,1-2,5-6,15-17H2,3H3. The minimum absolute atomic E-state index is 0.546. The van der Waals surface area contributed by atoms with Crippen molar-refractivity contribution in [2.75, 3.05) is 26.9 Å². The van der Waals surface area contributed by atoms with Gasteiger partial charge in [-0.25, -0.2) is 0 Å². The molecule has 0 aliphatic rings. The zero-order valence-electron chi connectivity index (χ0n) is 14.9. The number of benzene rings is 2. The monoisotopic (exact) mass is 338 g/mol. The van der Waals surface area contributed by atoms with Crippen molar-refractivity contribution < 1.29 is 14.2 Å². The molecular formula is C22H26O3. The molecule has 0 aliphatic heterocycles. The van der Waals surface area contributed by atoms with Crippen LogP contribution in [0.25, 0.3) is 11.1 Å². The van der Waals surface area contributed by atoms with E-state index in [1.54, 1.807) is 13.2 Å². The topological polar surface area (TPSA) is 27.7 Å². The number of hydrogen-bond acceptors (Lipinski definition) is 3. The molecule has 2 aromatic rings. The van der Waals surface area contributed by atoms with Crippen molar-refractivity contribution in [1.82, 2.24) is 0 Å². The molecule has 0 saturated carbocycles. The van der Waals surface area contributed by atoms with Crippen molar-refractivity contribution >= 4 is 0 Å². The van der Waals surface area contributed by atoms with E-state index >= 15 is 0 Å². The van der Waals surface area contributed by atoms with Gasteiger partial charge in [0.1, 0.15) is 18.1 Å². The highest BCUT2D eigenvalue weighted by molar-refractivity contribution is 5.64. The smallest absolute Gasteiger partial charge is 0.119 e. The molecule has 0 atom stereocenters. The summed E-state index contributed by atoms with van der Waals surface area (Å²) in [7, 11) is 1.67. The van der Waals surface area contributed by atoms with Crippen molar-refractivity contribution in [3.05, 3.63) is 73.3 Å².